The van der Waals surface area contributed by atoms with E-state index in [1.165, 1.54) is 0 Å². The van der Waals surface area contributed by atoms with Gasteiger partial charge in [-0.3, -0.25) is 4.79 Å². The average molecular weight is 371 g/mol. The van der Waals surface area contributed by atoms with Gasteiger partial charge in [0.05, 0.1) is 12.6 Å². The summed E-state index contributed by atoms with van der Waals surface area (Å²) in [5.74, 6) is 0. The molecule has 1 atom stereocenters. The van der Waals surface area contributed by atoms with Crippen molar-refractivity contribution in [3.05, 3.63) is 108 Å². The lowest BCUT2D eigenvalue weighted by molar-refractivity contribution is -0.120. The Morgan fingerprint density at radius 2 is 1.29 bits per heavy atom. The maximum atomic E-state index is 11.4. The highest BCUT2D eigenvalue weighted by molar-refractivity contribution is 5.49. The predicted molar refractivity (Wildman–Crippen MR) is 111 cm³/mol. The van der Waals surface area contributed by atoms with E-state index < -0.39 is 5.60 Å². The molecule has 1 aliphatic rings. The van der Waals surface area contributed by atoms with E-state index in [0.717, 1.165) is 42.5 Å². The number of carbonyl (C=O) groups is 1. The summed E-state index contributed by atoms with van der Waals surface area (Å²) >= 11 is 0. The second kappa shape index (κ2) is 8.41. The molecule has 0 aromatic heterocycles. The monoisotopic (exact) mass is 371 g/mol. The van der Waals surface area contributed by atoms with E-state index in [2.05, 4.69) is 36.4 Å². The van der Waals surface area contributed by atoms with Crippen LogP contribution >= 0.6 is 0 Å². The highest BCUT2D eigenvalue weighted by atomic mass is 16.5. The zero-order valence-corrected chi connectivity index (χ0v) is 15.9. The number of carbonyl (C=O) groups excluding carboxylic acids is 1. The summed E-state index contributed by atoms with van der Waals surface area (Å²) < 4.78 is 6.80. The lowest BCUT2D eigenvalue weighted by Crippen LogP contribution is -2.39. The summed E-state index contributed by atoms with van der Waals surface area (Å²) in [4.78, 5) is 13.3. The lowest BCUT2D eigenvalue weighted by atomic mass is 9.80. The van der Waals surface area contributed by atoms with Gasteiger partial charge in [0.25, 0.3) is 0 Å². The predicted octanol–water partition coefficient (Wildman–Crippen LogP) is 4.62. The van der Waals surface area contributed by atoms with E-state index in [4.69, 9.17) is 4.74 Å². The molecule has 1 fully saturated rings. The average Bonchev–Trinajstić information content (AvgIpc) is 3.24. The van der Waals surface area contributed by atoms with Crippen molar-refractivity contribution in [1.82, 2.24) is 4.90 Å². The van der Waals surface area contributed by atoms with Crippen LogP contribution < -0.4 is 0 Å². The molecule has 0 spiro atoms. The number of hydrogen-bond acceptors (Lipinski definition) is 2. The fourth-order valence-corrected chi connectivity index (χ4v) is 4.17. The number of likely N-dealkylation sites (tertiary alicyclic amines) is 1. The van der Waals surface area contributed by atoms with Crippen LogP contribution in [-0.4, -0.2) is 30.5 Å². The van der Waals surface area contributed by atoms with Gasteiger partial charge in [-0.1, -0.05) is 91.0 Å². The number of amides is 1. The van der Waals surface area contributed by atoms with Gasteiger partial charge < -0.3 is 9.64 Å². The van der Waals surface area contributed by atoms with Crippen LogP contribution in [0, 0.1) is 0 Å². The van der Waals surface area contributed by atoms with E-state index in [9.17, 15) is 4.79 Å². The molecule has 0 aliphatic carbocycles. The molecule has 0 bridgehead atoms. The fraction of sp³-hybridized carbons (Fsp3) is 0.240. The maximum absolute atomic E-state index is 11.4. The molecule has 4 rings (SSSR count). The molecule has 1 unspecified atom stereocenters. The Hall–Kier alpha value is -2.91. The summed E-state index contributed by atoms with van der Waals surface area (Å²) in [6, 6.07) is 31.2. The highest BCUT2D eigenvalue weighted by Crippen LogP contribution is 2.40. The second-order valence-electron chi connectivity index (χ2n) is 7.23. The summed E-state index contributed by atoms with van der Waals surface area (Å²) in [5, 5.41) is 0. The van der Waals surface area contributed by atoms with Crippen molar-refractivity contribution in [2.24, 2.45) is 0 Å². The summed E-state index contributed by atoms with van der Waals surface area (Å²) in [5.41, 5.74) is 2.54. The zero-order valence-electron chi connectivity index (χ0n) is 15.9. The van der Waals surface area contributed by atoms with Gasteiger partial charge in [-0.25, -0.2) is 0 Å². The van der Waals surface area contributed by atoms with Crippen LogP contribution in [-0.2, 0) is 15.1 Å². The maximum Gasteiger partial charge on any atom is 0.210 e. The summed E-state index contributed by atoms with van der Waals surface area (Å²) in [7, 11) is 0. The van der Waals surface area contributed by atoms with Gasteiger partial charge in [0.15, 0.2) is 0 Å². The minimum atomic E-state index is -0.721. The van der Waals surface area contributed by atoms with Gasteiger partial charge in [-0.2, -0.15) is 0 Å². The molecule has 3 heteroatoms. The molecule has 0 saturated carbocycles. The van der Waals surface area contributed by atoms with Crippen molar-refractivity contribution < 1.29 is 9.53 Å². The SMILES string of the molecule is O=CN1CCCC1COC(c1ccccc1)(c1ccccc1)c1ccccc1. The minimum absolute atomic E-state index is 0.119. The first-order chi connectivity index (χ1) is 13.8. The van der Waals surface area contributed by atoms with E-state index in [0.29, 0.717) is 6.61 Å². The molecule has 3 nitrogen and oxygen atoms in total. The third kappa shape index (κ3) is 3.46. The van der Waals surface area contributed by atoms with E-state index >= 15 is 0 Å². The first-order valence-electron chi connectivity index (χ1n) is 9.86. The van der Waals surface area contributed by atoms with Crippen molar-refractivity contribution in [2.45, 2.75) is 24.5 Å². The van der Waals surface area contributed by atoms with Crippen LogP contribution in [0.2, 0.25) is 0 Å². The van der Waals surface area contributed by atoms with Crippen molar-refractivity contribution in [3.63, 3.8) is 0 Å². The Labute approximate surface area is 166 Å². The highest BCUT2D eigenvalue weighted by Gasteiger charge is 2.39. The number of ether oxygens (including phenoxy) is 1. The molecule has 3 aromatic rings. The minimum Gasteiger partial charge on any atom is -0.359 e. The topological polar surface area (TPSA) is 29.5 Å². The number of rotatable bonds is 7. The number of nitrogens with zero attached hydrogens (tertiary/aromatic N) is 1. The molecule has 0 radical (unpaired) electrons. The van der Waals surface area contributed by atoms with Crippen LogP contribution in [0.3, 0.4) is 0 Å². The van der Waals surface area contributed by atoms with E-state index in [1.54, 1.807) is 0 Å². The molecule has 0 N–H and O–H groups in total. The first kappa shape index (κ1) is 18.5. The van der Waals surface area contributed by atoms with Crippen LogP contribution in [0.1, 0.15) is 29.5 Å². The molecular formula is C25H25NO2. The van der Waals surface area contributed by atoms with Crippen LogP contribution in [0.25, 0.3) is 0 Å². The number of benzene rings is 3. The molecule has 1 aliphatic heterocycles. The normalized spacial score (nSPS) is 16.9. The Morgan fingerprint density at radius 1 is 0.821 bits per heavy atom. The van der Waals surface area contributed by atoms with Crippen molar-refractivity contribution in [1.29, 1.82) is 0 Å². The lowest BCUT2D eigenvalue weighted by Gasteiger charge is -2.37. The molecule has 1 heterocycles. The standard InChI is InChI=1S/C25H25NO2/c27-20-26-18-10-17-24(26)19-28-25(21-11-4-1-5-12-21,22-13-6-2-7-14-22)23-15-8-3-9-16-23/h1-9,11-16,20,24H,10,17-19H2. The third-order valence-electron chi connectivity index (χ3n) is 5.59. The van der Waals surface area contributed by atoms with Gasteiger partial charge >= 0.3 is 0 Å². The van der Waals surface area contributed by atoms with Crippen LogP contribution in [0.15, 0.2) is 91.0 Å². The smallest absolute Gasteiger partial charge is 0.210 e. The van der Waals surface area contributed by atoms with Crippen molar-refractivity contribution in [3.8, 4) is 0 Å². The van der Waals surface area contributed by atoms with Crippen LogP contribution in [0.5, 0.6) is 0 Å². The summed E-state index contributed by atoms with van der Waals surface area (Å²) in [6.07, 6.45) is 2.96. The van der Waals surface area contributed by atoms with Gasteiger partial charge in [0.1, 0.15) is 5.60 Å². The quantitative estimate of drug-likeness (QED) is 0.448. The molecule has 3 aromatic carbocycles. The van der Waals surface area contributed by atoms with Gasteiger partial charge in [0, 0.05) is 6.54 Å². The molecule has 1 saturated heterocycles. The summed E-state index contributed by atoms with van der Waals surface area (Å²) in [6.45, 7) is 1.31. The molecule has 142 valence electrons. The zero-order chi connectivity index (χ0) is 19.2. The van der Waals surface area contributed by atoms with Crippen molar-refractivity contribution in [2.75, 3.05) is 13.2 Å². The van der Waals surface area contributed by atoms with Gasteiger partial charge in [-0.05, 0) is 29.5 Å². The Morgan fingerprint density at radius 3 is 1.71 bits per heavy atom. The third-order valence-corrected chi connectivity index (χ3v) is 5.59. The Kier molecular flexibility index (Phi) is 5.54. The molecule has 28 heavy (non-hydrogen) atoms. The number of hydrogen-bond donors (Lipinski definition) is 0. The second-order valence-corrected chi connectivity index (χ2v) is 7.23. The Balaban J connectivity index is 1.82. The largest absolute Gasteiger partial charge is 0.359 e. The Bertz CT molecular complexity index is 784. The van der Waals surface area contributed by atoms with Crippen LogP contribution in [0.4, 0.5) is 0 Å². The van der Waals surface area contributed by atoms with E-state index in [1.807, 2.05) is 59.5 Å². The fourth-order valence-electron chi connectivity index (χ4n) is 4.17. The van der Waals surface area contributed by atoms with Gasteiger partial charge in [-0.15, -0.1) is 0 Å². The molecular weight excluding hydrogens is 346 g/mol. The van der Waals surface area contributed by atoms with E-state index in [-0.39, 0.29) is 6.04 Å². The first-order valence-corrected chi connectivity index (χ1v) is 9.86. The molecule has 1 amide bonds. The van der Waals surface area contributed by atoms with Gasteiger partial charge in [0.2, 0.25) is 6.41 Å². The van der Waals surface area contributed by atoms with Crippen molar-refractivity contribution >= 4 is 6.41 Å².